The molecule has 0 spiro atoms. The molecule has 0 N–H and O–H groups in total. The molecule has 0 saturated heterocycles. The smallest absolute Gasteiger partial charge is 0.0863 e. The molecule has 0 saturated carbocycles. The third kappa shape index (κ3) is 2.68. The summed E-state index contributed by atoms with van der Waals surface area (Å²) in [5, 5.41) is 10.9. The van der Waals surface area contributed by atoms with E-state index < -0.39 is 0 Å². The Kier molecular flexibility index (Phi) is 3.07. The maximum atomic E-state index is 4.27. The Hall–Kier alpha value is -2.48. The van der Waals surface area contributed by atoms with Gasteiger partial charge in [0, 0.05) is 0 Å². The summed E-state index contributed by atoms with van der Waals surface area (Å²) in [5.74, 6) is 0. The summed E-state index contributed by atoms with van der Waals surface area (Å²) in [7, 11) is 0. The highest BCUT2D eigenvalue weighted by atomic mass is 15.1. The average molecular weight is 246 g/mol. The van der Waals surface area contributed by atoms with Crippen LogP contribution < -0.4 is 0 Å². The zero-order valence-electron chi connectivity index (χ0n) is 10.7. The van der Waals surface area contributed by atoms with Crippen LogP contribution in [0.2, 0.25) is 0 Å². The van der Waals surface area contributed by atoms with E-state index in [9.17, 15) is 0 Å². The lowest BCUT2D eigenvalue weighted by Gasteiger charge is -2.00. The lowest BCUT2D eigenvalue weighted by atomic mass is 10.1. The third-order valence-electron chi connectivity index (χ3n) is 3.02. The van der Waals surface area contributed by atoms with Crippen molar-refractivity contribution < 1.29 is 0 Å². The van der Waals surface area contributed by atoms with E-state index in [4.69, 9.17) is 0 Å². The first-order valence-corrected chi connectivity index (χ1v) is 6.28. The van der Waals surface area contributed by atoms with Crippen LogP contribution in [0.1, 0.15) is 5.56 Å². The van der Waals surface area contributed by atoms with Crippen molar-refractivity contribution in [1.29, 1.82) is 0 Å². The first kappa shape index (κ1) is 11.6. The third-order valence-corrected chi connectivity index (χ3v) is 3.02. The van der Waals surface area contributed by atoms with E-state index in [1.54, 1.807) is 0 Å². The van der Waals surface area contributed by atoms with Crippen molar-refractivity contribution in [3.05, 3.63) is 72.3 Å². The highest BCUT2D eigenvalue weighted by Crippen LogP contribution is 2.24. The topological polar surface area (TPSA) is 24.7 Å². The summed E-state index contributed by atoms with van der Waals surface area (Å²) in [5.41, 5.74) is 3.01. The van der Waals surface area contributed by atoms with Crippen molar-refractivity contribution in [2.24, 2.45) is 10.2 Å². The second-order valence-corrected chi connectivity index (χ2v) is 4.57. The predicted molar refractivity (Wildman–Crippen MR) is 79.3 cm³/mol. The fraction of sp³-hybridized carbons (Fsp3) is 0.0588. The second-order valence-electron chi connectivity index (χ2n) is 4.57. The molecule has 92 valence electrons. The molecule has 3 aromatic rings. The molecule has 0 aliphatic carbocycles. The van der Waals surface area contributed by atoms with E-state index in [2.05, 4.69) is 47.5 Å². The molecule has 0 aliphatic heterocycles. The van der Waals surface area contributed by atoms with Gasteiger partial charge in [0.2, 0.25) is 0 Å². The van der Waals surface area contributed by atoms with Gasteiger partial charge in [0.05, 0.1) is 11.4 Å². The Morgan fingerprint density at radius 1 is 0.632 bits per heavy atom. The molecule has 0 bridgehead atoms. The molecule has 3 rings (SSSR count). The molecule has 0 aromatic heterocycles. The summed E-state index contributed by atoms with van der Waals surface area (Å²) in [4.78, 5) is 0. The maximum Gasteiger partial charge on any atom is 0.0863 e. The Morgan fingerprint density at radius 2 is 1.32 bits per heavy atom. The van der Waals surface area contributed by atoms with Crippen LogP contribution in [0.4, 0.5) is 11.4 Å². The number of benzene rings is 3. The number of hydrogen-bond donors (Lipinski definition) is 0. The van der Waals surface area contributed by atoms with Crippen LogP contribution in [0.3, 0.4) is 0 Å². The zero-order chi connectivity index (χ0) is 13.1. The minimum Gasteiger partial charge on any atom is -0.151 e. The quantitative estimate of drug-likeness (QED) is 0.528. The number of azo groups is 1. The van der Waals surface area contributed by atoms with Crippen LogP contribution in [0, 0.1) is 6.92 Å². The molecule has 0 atom stereocenters. The van der Waals surface area contributed by atoms with E-state index in [0.29, 0.717) is 0 Å². The van der Waals surface area contributed by atoms with Gasteiger partial charge in [-0.3, -0.25) is 0 Å². The normalized spacial score (nSPS) is 11.2. The number of rotatable bonds is 2. The van der Waals surface area contributed by atoms with Crippen LogP contribution in [0.5, 0.6) is 0 Å². The van der Waals surface area contributed by atoms with Crippen LogP contribution in [0.25, 0.3) is 10.8 Å². The molecule has 0 aliphatic rings. The van der Waals surface area contributed by atoms with Crippen LogP contribution >= 0.6 is 0 Å². The fourth-order valence-corrected chi connectivity index (χ4v) is 2.02. The Bertz CT molecular complexity index is 731. The molecule has 0 fully saturated rings. The van der Waals surface area contributed by atoms with Crippen molar-refractivity contribution in [1.82, 2.24) is 0 Å². The molecule has 0 heterocycles. The first-order valence-electron chi connectivity index (χ1n) is 6.28. The summed E-state index contributed by atoms with van der Waals surface area (Å²) >= 11 is 0. The lowest BCUT2D eigenvalue weighted by molar-refractivity contribution is 1.23. The molecule has 19 heavy (non-hydrogen) atoms. The number of nitrogens with zero attached hydrogens (tertiary/aromatic N) is 2. The van der Waals surface area contributed by atoms with Crippen molar-refractivity contribution in [2.45, 2.75) is 6.92 Å². The van der Waals surface area contributed by atoms with Gasteiger partial charge in [0.1, 0.15) is 0 Å². The second kappa shape index (κ2) is 5.02. The van der Waals surface area contributed by atoms with Crippen LogP contribution in [-0.4, -0.2) is 0 Å². The molecule has 2 nitrogen and oxygen atoms in total. The highest BCUT2D eigenvalue weighted by molar-refractivity contribution is 5.85. The van der Waals surface area contributed by atoms with Gasteiger partial charge < -0.3 is 0 Å². The summed E-state index contributed by atoms with van der Waals surface area (Å²) in [6.45, 7) is 2.10. The van der Waals surface area contributed by atoms with Crippen molar-refractivity contribution in [3.8, 4) is 0 Å². The SMILES string of the molecule is Cc1ccc2cc(N=Nc3ccccc3)ccc2c1. The summed E-state index contributed by atoms with van der Waals surface area (Å²) in [6, 6.07) is 22.3. The predicted octanol–water partition coefficient (Wildman–Crippen LogP) is 5.56. The van der Waals surface area contributed by atoms with Crippen LogP contribution in [-0.2, 0) is 0 Å². The molecular formula is C17H14N2. The monoisotopic (exact) mass is 246 g/mol. The van der Waals surface area contributed by atoms with Crippen molar-refractivity contribution in [2.75, 3.05) is 0 Å². The minimum atomic E-state index is 0.867. The van der Waals surface area contributed by atoms with Gasteiger partial charge in [-0.1, -0.05) is 48.0 Å². The molecular weight excluding hydrogens is 232 g/mol. The van der Waals surface area contributed by atoms with E-state index in [0.717, 1.165) is 11.4 Å². The summed E-state index contributed by atoms with van der Waals surface area (Å²) < 4.78 is 0. The Balaban J connectivity index is 1.94. The standard InChI is InChI=1S/C17H14N2/c1-13-7-8-15-12-17(10-9-14(15)11-13)19-18-16-5-3-2-4-6-16/h2-12H,1H3. The number of fused-ring (bicyclic) bond motifs is 1. The average Bonchev–Trinajstić information content (AvgIpc) is 2.46. The zero-order valence-corrected chi connectivity index (χ0v) is 10.7. The van der Waals surface area contributed by atoms with Gasteiger partial charge in [0.15, 0.2) is 0 Å². The van der Waals surface area contributed by atoms with Crippen molar-refractivity contribution >= 4 is 22.1 Å². The van der Waals surface area contributed by atoms with Crippen LogP contribution in [0.15, 0.2) is 77.0 Å². The fourth-order valence-electron chi connectivity index (χ4n) is 2.02. The maximum absolute atomic E-state index is 4.27. The number of aryl methyl sites for hydroxylation is 1. The first-order chi connectivity index (χ1) is 9.31. The largest absolute Gasteiger partial charge is 0.151 e. The number of hydrogen-bond acceptors (Lipinski definition) is 2. The molecule has 2 heteroatoms. The van der Waals surface area contributed by atoms with Gasteiger partial charge in [-0.25, -0.2) is 0 Å². The molecule has 0 amide bonds. The minimum absolute atomic E-state index is 0.867. The lowest BCUT2D eigenvalue weighted by Crippen LogP contribution is -1.74. The Morgan fingerprint density at radius 3 is 2.16 bits per heavy atom. The van der Waals surface area contributed by atoms with Gasteiger partial charge in [-0.15, -0.1) is 0 Å². The van der Waals surface area contributed by atoms with E-state index >= 15 is 0 Å². The van der Waals surface area contributed by atoms with E-state index in [-0.39, 0.29) is 0 Å². The van der Waals surface area contributed by atoms with Gasteiger partial charge in [0.25, 0.3) is 0 Å². The van der Waals surface area contributed by atoms with Gasteiger partial charge in [-0.2, -0.15) is 10.2 Å². The van der Waals surface area contributed by atoms with Gasteiger partial charge in [-0.05, 0) is 42.0 Å². The molecule has 3 aromatic carbocycles. The summed E-state index contributed by atoms with van der Waals surface area (Å²) in [6.07, 6.45) is 0. The van der Waals surface area contributed by atoms with Crippen molar-refractivity contribution in [3.63, 3.8) is 0 Å². The highest BCUT2D eigenvalue weighted by Gasteiger charge is 1.96. The Labute approximate surface area is 112 Å². The molecule has 0 unspecified atom stereocenters. The molecule has 0 radical (unpaired) electrons. The van der Waals surface area contributed by atoms with Gasteiger partial charge >= 0.3 is 0 Å². The van der Waals surface area contributed by atoms with E-state index in [1.165, 1.54) is 16.3 Å². The van der Waals surface area contributed by atoms with E-state index in [1.807, 2.05) is 36.4 Å².